The van der Waals surface area contributed by atoms with Crippen molar-refractivity contribution >= 4 is 56.5 Å². The average Bonchev–Trinajstić information content (AvgIpc) is 3.03. The SMILES string of the molecule is CCCN1C(=O)C(=Cc2cc(Br)ccc2OCC(=O)O)SC1=Nc1ccc(OC)cc1. The van der Waals surface area contributed by atoms with Crippen LogP contribution < -0.4 is 9.47 Å². The van der Waals surface area contributed by atoms with Crippen LogP contribution in [0.2, 0.25) is 0 Å². The minimum absolute atomic E-state index is 0.150. The number of nitrogens with zero attached hydrogens (tertiary/aromatic N) is 2. The molecule has 9 heteroatoms. The molecular weight excluding hydrogens is 484 g/mol. The van der Waals surface area contributed by atoms with E-state index >= 15 is 0 Å². The van der Waals surface area contributed by atoms with Crippen LogP contribution in [-0.2, 0) is 9.59 Å². The zero-order valence-electron chi connectivity index (χ0n) is 17.0. The number of aliphatic carboxylic acids is 1. The van der Waals surface area contributed by atoms with Crippen LogP contribution in [-0.4, -0.2) is 47.3 Å². The first-order chi connectivity index (χ1) is 14.9. The van der Waals surface area contributed by atoms with E-state index in [4.69, 9.17) is 14.6 Å². The van der Waals surface area contributed by atoms with Crippen molar-refractivity contribution in [2.75, 3.05) is 20.3 Å². The number of hydrogen-bond donors (Lipinski definition) is 1. The van der Waals surface area contributed by atoms with E-state index in [1.165, 1.54) is 11.8 Å². The molecule has 0 saturated carbocycles. The van der Waals surface area contributed by atoms with E-state index in [1.807, 2.05) is 31.2 Å². The second-order valence-corrected chi connectivity index (χ2v) is 8.45. The third-order valence-electron chi connectivity index (χ3n) is 4.24. The maximum absolute atomic E-state index is 13.1. The van der Waals surface area contributed by atoms with E-state index in [-0.39, 0.29) is 5.91 Å². The van der Waals surface area contributed by atoms with Crippen LogP contribution in [0.5, 0.6) is 11.5 Å². The predicted molar refractivity (Wildman–Crippen MR) is 125 cm³/mol. The van der Waals surface area contributed by atoms with E-state index < -0.39 is 12.6 Å². The van der Waals surface area contributed by atoms with Crippen LogP contribution in [0, 0.1) is 0 Å². The molecule has 1 aliphatic heterocycles. The number of carbonyl (C=O) groups excluding carboxylic acids is 1. The van der Waals surface area contributed by atoms with Gasteiger partial charge in [-0.1, -0.05) is 22.9 Å². The van der Waals surface area contributed by atoms with Gasteiger partial charge in [-0.05, 0) is 66.7 Å². The van der Waals surface area contributed by atoms with Gasteiger partial charge in [-0.3, -0.25) is 9.69 Å². The molecule has 0 aliphatic carbocycles. The highest BCUT2D eigenvalue weighted by molar-refractivity contribution is 9.10. The van der Waals surface area contributed by atoms with Crippen molar-refractivity contribution in [3.05, 3.63) is 57.4 Å². The molecule has 0 radical (unpaired) electrons. The fourth-order valence-corrected chi connectivity index (χ4v) is 4.22. The van der Waals surface area contributed by atoms with Gasteiger partial charge in [-0.25, -0.2) is 9.79 Å². The lowest BCUT2D eigenvalue weighted by Gasteiger charge is -2.14. The van der Waals surface area contributed by atoms with E-state index in [0.717, 1.165) is 16.6 Å². The Morgan fingerprint density at radius 2 is 2.00 bits per heavy atom. The summed E-state index contributed by atoms with van der Waals surface area (Å²) in [6.07, 6.45) is 2.49. The number of ether oxygens (including phenoxy) is 2. The lowest BCUT2D eigenvalue weighted by Crippen LogP contribution is -2.29. The smallest absolute Gasteiger partial charge is 0.341 e. The Bertz CT molecular complexity index is 1040. The van der Waals surface area contributed by atoms with E-state index in [0.29, 0.717) is 33.6 Å². The normalized spacial score (nSPS) is 16.2. The summed E-state index contributed by atoms with van der Waals surface area (Å²) in [7, 11) is 1.60. The number of halogens is 1. The second kappa shape index (κ2) is 10.5. The van der Waals surface area contributed by atoms with Crippen LogP contribution in [0.15, 0.2) is 56.8 Å². The monoisotopic (exact) mass is 504 g/mol. The summed E-state index contributed by atoms with van der Waals surface area (Å²) in [5, 5.41) is 9.50. The van der Waals surface area contributed by atoms with Gasteiger partial charge in [0.1, 0.15) is 11.5 Å². The average molecular weight is 505 g/mol. The largest absolute Gasteiger partial charge is 0.497 e. The van der Waals surface area contributed by atoms with Gasteiger partial charge in [0.15, 0.2) is 11.8 Å². The predicted octanol–water partition coefficient (Wildman–Crippen LogP) is 4.94. The molecule has 7 nitrogen and oxygen atoms in total. The van der Waals surface area contributed by atoms with Crippen LogP contribution in [0.25, 0.3) is 6.08 Å². The number of rotatable bonds is 8. The molecule has 31 heavy (non-hydrogen) atoms. The molecule has 2 aromatic carbocycles. The highest BCUT2D eigenvalue weighted by Gasteiger charge is 2.33. The van der Waals surface area contributed by atoms with Gasteiger partial charge in [0, 0.05) is 16.6 Å². The number of carboxylic acid groups (broad SMARTS) is 1. The summed E-state index contributed by atoms with van der Waals surface area (Å²) in [6.45, 7) is 2.07. The van der Waals surface area contributed by atoms with Crippen molar-refractivity contribution in [2.45, 2.75) is 13.3 Å². The fourth-order valence-electron chi connectivity index (χ4n) is 2.82. The molecule has 0 unspecified atom stereocenters. The van der Waals surface area contributed by atoms with Crippen molar-refractivity contribution in [3.63, 3.8) is 0 Å². The number of benzene rings is 2. The Hall–Kier alpha value is -2.78. The van der Waals surface area contributed by atoms with Gasteiger partial charge in [0.2, 0.25) is 0 Å². The molecule has 0 bridgehead atoms. The summed E-state index contributed by atoms with van der Waals surface area (Å²) in [4.78, 5) is 30.7. The Morgan fingerprint density at radius 1 is 1.26 bits per heavy atom. The molecule has 1 N–H and O–H groups in total. The summed E-state index contributed by atoms with van der Waals surface area (Å²) in [6, 6.07) is 12.5. The van der Waals surface area contributed by atoms with Crippen molar-refractivity contribution in [1.82, 2.24) is 4.90 Å². The number of aliphatic imine (C=N–C) groups is 1. The van der Waals surface area contributed by atoms with Crippen molar-refractivity contribution in [2.24, 2.45) is 4.99 Å². The molecule has 1 saturated heterocycles. The summed E-state index contributed by atoms with van der Waals surface area (Å²) in [5.41, 5.74) is 1.32. The molecule has 1 amide bonds. The number of methoxy groups -OCH3 is 1. The third-order valence-corrected chi connectivity index (χ3v) is 5.74. The minimum Gasteiger partial charge on any atom is -0.497 e. The minimum atomic E-state index is -1.07. The molecule has 162 valence electrons. The topological polar surface area (TPSA) is 88.4 Å². The number of carboxylic acids is 1. The Morgan fingerprint density at radius 3 is 2.65 bits per heavy atom. The first-order valence-electron chi connectivity index (χ1n) is 9.49. The lowest BCUT2D eigenvalue weighted by atomic mass is 10.2. The molecule has 0 aromatic heterocycles. The molecule has 0 spiro atoms. The van der Waals surface area contributed by atoms with Gasteiger partial charge in [-0.2, -0.15) is 0 Å². The van der Waals surface area contributed by atoms with Gasteiger partial charge < -0.3 is 14.6 Å². The number of carbonyl (C=O) groups is 2. The van der Waals surface area contributed by atoms with E-state index in [1.54, 1.807) is 36.3 Å². The molecule has 1 fully saturated rings. The molecule has 1 heterocycles. The highest BCUT2D eigenvalue weighted by Crippen LogP contribution is 2.36. The Labute approximate surface area is 192 Å². The quantitative estimate of drug-likeness (QED) is 0.512. The van der Waals surface area contributed by atoms with E-state index in [2.05, 4.69) is 20.9 Å². The molecule has 3 rings (SSSR count). The Balaban J connectivity index is 1.94. The van der Waals surface area contributed by atoms with Gasteiger partial charge in [0.05, 0.1) is 17.7 Å². The van der Waals surface area contributed by atoms with Crippen molar-refractivity contribution in [1.29, 1.82) is 0 Å². The maximum atomic E-state index is 13.1. The number of amides is 1. The molecule has 0 atom stereocenters. The third kappa shape index (κ3) is 5.89. The van der Waals surface area contributed by atoms with Gasteiger partial charge in [-0.15, -0.1) is 0 Å². The van der Waals surface area contributed by atoms with Crippen LogP contribution in [0.3, 0.4) is 0 Å². The zero-order valence-corrected chi connectivity index (χ0v) is 19.4. The van der Waals surface area contributed by atoms with Gasteiger partial charge >= 0.3 is 5.97 Å². The number of hydrogen-bond acceptors (Lipinski definition) is 6. The first-order valence-corrected chi connectivity index (χ1v) is 11.1. The maximum Gasteiger partial charge on any atom is 0.341 e. The van der Waals surface area contributed by atoms with Crippen LogP contribution >= 0.6 is 27.7 Å². The highest BCUT2D eigenvalue weighted by atomic mass is 79.9. The van der Waals surface area contributed by atoms with Crippen LogP contribution in [0.1, 0.15) is 18.9 Å². The van der Waals surface area contributed by atoms with Crippen LogP contribution in [0.4, 0.5) is 5.69 Å². The standard InChI is InChI=1S/C22H21BrN2O5S/c1-3-10-25-21(28)19(31-22(25)24-16-5-7-17(29-2)8-6-16)12-14-11-15(23)4-9-18(14)30-13-20(26)27/h4-9,11-12H,3,10,13H2,1-2H3,(H,26,27). The summed E-state index contributed by atoms with van der Waals surface area (Å²) < 4.78 is 11.3. The molecule has 2 aromatic rings. The number of thioether (sulfide) groups is 1. The zero-order chi connectivity index (χ0) is 22.4. The van der Waals surface area contributed by atoms with Crippen molar-refractivity contribution < 1.29 is 24.2 Å². The summed E-state index contributed by atoms with van der Waals surface area (Å²) >= 11 is 4.68. The summed E-state index contributed by atoms with van der Waals surface area (Å²) in [5.74, 6) is -0.109. The molecular formula is C22H21BrN2O5S. The second-order valence-electron chi connectivity index (χ2n) is 6.52. The van der Waals surface area contributed by atoms with E-state index in [9.17, 15) is 9.59 Å². The first kappa shape index (κ1) is 22.9. The molecule has 1 aliphatic rings. The fraction of sp³-hybridized carbons (Fsp3) is 0.227. The number of amidine groups is 1. The van der Waals surface area contributed by atoms with Gasteiger partial charge in [0.25, 0.3) is 5.91 Å². The van der Waals surface area contributed by atoms with Crippen molar-refractivity contribution in [3.8, 4) is 11.5 Å². The lowest BCUT2D eigenvalue weighted by molar-refractivity contribution is -0.139. The Kier molecular flexibility index (Phi) is 7.75.